The van der Waals surface area contributed by atoms with E-state index >= 15 is 0 Å². The molecule has 0 spiro atoms. The number of hydrogen-bond acceptors (Lipinski definition) is 1. The first-order chi connectivity index (χ1) is 5.25. The van der Waals surface area contributed by atoms with Gasteiger partial charge in [0.25, 0.3) is 0 Å². The van der Waals surface area contributed by atoms with Gasteiger partial charge < -0.3 is 0 Å². The monoisotopic (exact) mass is 278 g/mol. The summed E-state index contributed by atoms with van der Waals surface area (Å²) in [6, 6.07) is 0. The molecule has 1 aromatic heterocycles. The minimum Gasteiger partial charge on any atom is -0.267 e. The molecule has 0 bridgehead atoms. The van der Waals surface area contributed by atoms with Crippen molar-refractivity contribution >= 4 is 37.9 Å². The molecule has 0 N–H and O–H groups in total. The van der Waals surface area contributed by atoms with Crippen LogP contribution >= 0.6 is 31.9 Å². The second kappa shape index (κ2) is 4.07. The van der Waals surface area contributed by atoms with Gasteiger partial charge in [-0.05, 0) is 22.0 Å². The number of aromatic nitrogens is 2. The molecule has 0 atom stereocenters. The Balaban J connectivity index is 2.92. The summed E-state index contributed by atoms with van der Waals surface area (Å²) in [7, 11) is 1.92. The lowest BCUT2D eigenvalue weighted by molar-refractivity contribution is 0.759. The van der Waals surface area contributed by atoms with Crippen LogP contribution in [0.2, 0.25) is 0 Å². The molecule has 0 saturated carbocycles. The number of nitrogens with zero attached hydrogens (tertiary/aromatic N) is 2. The Labute approximate surface area is 82.5 Å². The van der Waals surface area contributed by atoms with Crippen LogP contribution in [0.15, 0.2) is 16.7 Å². The van der Waals surface area contributed by atoms with Gasteiger partial charge in [0, 0.05) is 12.4 Å². The van der Waals surface area contributed by atoms with Crippen LogP contribution in [0.3, 0.4) is 0 Å². The van der Waals surface area contributed by atoms with Crippen molar-refractivity contribution < 1.29 is 0 Å². The topological polar surface area (TPSA) is 17.8 Å². The number of allylic oxidation sites excluding steroid dienone is 1. The molecule has 1 heterocycles. The summed E-state index contributed by atoms with van der Waals surface area (Å²) in [5.74, 6) is 0. The van der Waals surface area contributed by atoms with E-state index in [2.05, 4.69) is 37.0 Å². The van der Waals surface area contributed by atoms with Crippen molar-refractivity contribution in [3.8, 4) is 0 Å². The van der Waals surface area contributed by atoms with Crippen LogP contribution < -0.4 is 0 Å². The summed E-state index contributed by atoms with van der Waals surface area (Å²) in [4.78, 5) is 0. The smallest absolute Gasteiger partial charge is 0.0746 e. The van der Waals surface area contributed by atoms with Gasteiger partial charge in [-0.2, -0.15) is 5.10 Å². The summed E-state index contributed by atoms with van der Waals surface area (Å²) < 4.78 is 2.85. The molecule has 0 amide bonds. The summed E-state index contributed by atoms with van der Waals surface area (Å²) in [6.45, 7) is 0. The Morgan fingerprint density at radius 2 is 2.45 bits per heavy atom. The zero-order valence-electron chi connectivity index (χ0n) is 6.09. The second-order valence-electron chi connectivity index (χ2n) is 2.06. The molecular weight excluding hydrogens is 272 g/mol. The molecule has 0 aliphatic heterocycles. The minimum atomic E-state index is 0.866. The first kappa shape index (κ1) is 9.00. The van der Waals surface area contributed by atoms with Crippen molar-refractivity contribution in [1.29, 1.82) is 0 Å². The number of rotatable bonds is 2. The Hall–Kier alpha value is -0.0900. The van der Waals surface area contributed by atoms with Gasteiger partial charge in [0.15, 0.2) is 0 Å². The van der Waals surface area contributed by atoms with Crippen LogP contribution in [-0.2, 0) is 7.05 Å². The van der Waals surface area contributed by atoms with Crippen molar-refractivity contribution in [3.63, 3.8) is 0 Å². The third kappa shape index (κ3) is 2.17. The highest BCUT2D eigenvalue weighted by Crippen LogP contribution is 2.16. The van der Waals surface area contributed by atoms with Crippen LogP contribution in [0, 0.1) is 0 Å². The Morgan fingerprint density at radius 1 is 1.73 bits per heavy atom. The summed E-state index contributed by atoms with van der Waals surface area (Å²) in [6.07, 6.45) is 5.83. The molecule has 0 aromatic carbocycles. The van der Waals surface area contributed by atoms with Gasteiger partial charge in [0.05, 0.1) is 16.4 Å². The molecule has 2 nitrogen and oxygen atoms in total. The van der Waals surface area contributed by atoms with Crippen LogP contribution in [0.5, 0.6) is 0 Å². The largest absolute Gasteiger partial charge is 0.267 e. The highest BCUT2D eigenvalue weighted by atomic mass is 79.9. The number of halogens is 2. The molecule has 0 aliphatic rings. The van der Waals surface area contributed by atoms with Crippen molar-refractivity contribution in [2.75, 3.05) is 5.33 Å². The van der Waals surface area contributed by atoms with E-state index in [1.165, 1.54) is 0 Å². The molecule has 4 heteroatoms. The van der Waals surface area contributed by atoms with E-state index in [0.29, 0.717) is 0 Å². The quantitative estimate of drug-likeness (QED) is 0.761. The van der Waals surface area contributed by atoms with Crippen molar-refractivity contribution in [3.05, 3.63) is 22.4 Å². The van der Waals surface area contributed by atoms with E-state index in [4.69, 9.17) is 0 Å². The second-order valence-corrected chi connectivity index (χ2v) is 3.56. The normalized spacial score (nSPS) is 11.2. The summed E-state index contributed by atoms with van der Waals surface area (Å²) >= 11 is 6.71. The molecule has 0 unspecified atom stereocenters. The van der Waals surface area contributed by atoms with Gasteiger partial charge in [0.2, 0.25) is 0 Å². The maximum atomic E-state index is 4.07. The molecule has 1 rings (SSSR count). The van der Waals surface area contributed by atoms with Crippen molar-refractivity contribution in [1.82, 2.24) is 9.78 Å². The maximum absolute atomic E-state index is 4.07. The van der Waals surface area contributed by atoms with Gasteiger partial charge in [-0.3, -0.25) is 4.68 Å². The van der Waals surface area contributed by atoms with Crippen molar-refractivity contribution in [2.24, 2.45) is 7.05 Å². The fourth-order valence-corrected chi connectivity index (χ4v) is 1.43. The first-order valence-electron chi connectivity index (χ1n) is 3.15. The zero-order valence-corrected chi connectivity index (χ0v) is 9.26. The first-order valence-corrected chi connectivity index (χ1v) is 5.07. The van der Waals surface area contributed by atoms with E-state index < -0.39 is 0 Å². The Morgan fingerprint density at radius 3 is 2.91 bits per heavy atom. The highest BCUT2D eigenvalue weighted by molar-refractivity contribution is 9.10. The van der Waals surface area contributed by atoms with Crippen LogP contribution in [0.1, 0.15) is 5.69 Å². The lowest BCUT2D eigenvalue weighted by atomic mass is 10.4. The molecular formula is C7H8Br2N2. The van der Waals surface area contributed by atoms with Gasteiger partial charge >= 0.3 is 0 Å². The SMILES string of the molecule is Cn1ncc(Br)c1/C=C/CBr. The van der Waals surface area contributed by atoms with Gasteiger partial charge in [-0.15, -0.1) is 0 Å². The van der Waals surface area contributed by atoms with Crippen molar-refractivity contribution in [2.45, 2.75) is 0 Å². The molecule has 0 fully saturated rings. The predicted octanol–water partition coefficient (Wildman–Crippen LogP) is 2.59. The van der Waals surface area contributed by atoms with Gasteiger partial charge in [-0.1, -0.05) is 22.0 Å². The Bertz CT molecular complexity index is 246. The summed E-state index contributed by atoms with van der Waals surface area (Å²) in [5, 5.41) is 4.94. The van der Waals surface area contributed by atoms with Crippen LogP contribution in [-0.4, -0.2) is 15.1 Å². The number of aryl methyl sites for hydroxylation is 1. The molecule has 11 heavy (non-hydrogen) atoms. The lowest BCUT2D eigenvalue weighted by Gasteiger charge is -1.93. The maximum Gasteiger partial charge on any atom is 0.0746 e. The van der Waals surface area contributed by atoms with Gasteiger partial charge in [-0.25, -0.2) is 0 Å². The van der Waals surface area contributed by atoms with E-state index in [1.54, 1.807) is 6.20 Å². The third-order valence-electron chi connectivity index (χ3n) is 1.30. The van der Waals surface area contributed by atoms with E-state index in [0.717, 1.165) is 15.5 Å². The zero-order chi connectivity index (χ0) is 8.27. The number of hydrogen-bond donors (Lipinski definition) is 0. The fourth-order valence-electron chi connectivity index (χ4n) is 0.764. The average Bonchev–Trinajstić information content (AvgIpc) is 2.29. The van der Waals surface area contributed by atoms with Crippen LogP contribution in [0.25, 0.3) is 6.08 Å². The molecule has 0 aliphatic carbocycles. The van der Waals surface area contributed by atoms with Crippen LogP contribution in [0.4, 0.5) is 0 Å². The lowest BCUT2D eigenvalue weighted by Crippen LogP contribution is -1.92. The highest BCUT2D eigenvalue weighted by Gasteiger charge is 1.99. The standard InChI is InChI=1S/C7H8Br2N2/c1-11-7(3-2-4-8)6(9)5-10-11/h2-3,5H,4H2,1H3/b3-2+. The number of alkyl halides is 1. The molecule has 1 aromatic rings. The van der Waals surface area contributed by atoms with Gasteiger partial charge in [0.1, 0.15) is 0 Å². The van der Waals surface area contributed by atoms with E-state index in [-0.39, 0.29) is 0 Å². The fraction of sp³-hybridized carbons (Fsp3) is 0.286. The van der Waals surface area contributed by atoms with E-state index in [1.807, 2.05) is 23.9 Å². The van der Waals surface area contributed by atoms with E-state index in [9.17, 15) is 0 Å². The summed E-state index contributed by atoms with van der Waals surface area (Å²) in [5.41, 5.74) is 1.09. The average molecular weight is 280 g/mol. The molecule has 0 saturated heterocycles. The molecule has 60 valence electrons. The molecule has 0 radical (unpaired) electrons. The Kier molecular flexibility index (Phi) is 3.33. The predicted molar refractivity (Wildman–Crippen MR) is 53.7 cm³/mol. The third-order valence-corrected chi connectivity index (χ3v) is 2.29. The minimum absolute atomic E-state index is 0.866.